The molecule has 0 saturated carbocycles. The minimum absolute atomic E-state index is 0.0254. The minimum Gasteiger partial charge on any atom is -0.465 e. The van der Waals surface area contributed by atoms with Gasteiger partial charge in [0.2, 0.25) is 0 Å². The maximum atomic E-state index is 12.2. The summed E-state index contributed by atoms with van der Waals surface area (Å²) in [6.45, 7) is 4.11. The Kier molecular flexibility index (Phi) is 5.80. The number of esters is 1. The zero-order chi connectivity index (χ0) is 18.5. The largest absolute Gasteiger partial charge is 0.465 e. The highest BCUT2D eigenvalue weighted by atomic mass is 32.1. The Morgan fingerprint density at radius 3 is 2.88 bits per heavy atom. The van der Waals surface area contributed by atoms with Crippen LogP contribution in [0.3, 0.4) is 0 Å². The molecular formula is C19H18N2O3S2. The fourth-order valence-electron chi connectivity index (χ4n) is 2.43. The van der Waals surface area contributed by atoms with Gasteiger partial charge in [0.25, 0.3) is 5.91 Å². The van der Waals surface area contributed by atoms with Crippen LogP contribution in [0.15, 0.2) is 46.8 Å². The van der Waals surface area contributed by atoms with Crippen molar-refractivity contribution in [3.05, 3.63) is 57.0 Å². The van der Waals surface area contributed by atoms with Crippen LogP contribution in [0, 0.1) is 6.92 Å². The zero-order valence-corrected chi connectivity index (χ0v) is 16.1. The number of amides is 1. The predicted octanol–water partition coefficient (Wildman–Crippen LogP) is 3.78. The second-order valence-corrected chi connectivity index (χ2v) is 7.53. The van der Waals surface area contributed by atoms with Gasteiger partial charge in [0, 0.05) is 11.0 Å². The monoisotopic (exact) mass is 386 g/mol. The van der Waals surface area contributed by atoms with Gasteiger partial charge in [-0.25, -0.2) is 0 Å². The Labute approximate surface area is 158 Å². The fraction of sp³-hybridized carbons (Fsp3) is 0.211. The van der Waals surface area contributed by atoms with Gasteiger partial charge in [-0.15, -0.1) is 11.3 Å². The Balaban J connectivity index is 1.99. The summed E-state index contributed by atoms with van der Waals surface area (Å²) in [5, 5.41) is 1.95. The summed E-state index contributed by atoms with van der Waals surface area (Å²) in [5.74, 6) is -0.713. The Morgan fingerprint density at radius 1 is 1.31 bits per heavy atom. The van der Waals surface area contributed by atoms with E-state index in [1.807, 2.05) is 42.6 Å². The summed E-state index contributed by atoms with van der Waals surface area (Å²) >= 11 is 2.94. The lowest BCUT2D eigenvalue weighted by Gasteiger charge is -2.05. The van der Waals surface area contributed by atoms with Gasteiger partial charge >= 0.3 is 5.97 Å². The van der Waals surface area contributed by atoms with Gasteiger partial charge in [-0.2, -0.15) is 4.99 Å². The topological polar surface area (TPSA) is 60.7 Å². The first-order chi connectivity index (χ1) is 12.6. The SMILES string of the molecule is CCOC(=O)Cn1c(=NC(=O)C=Cc2cccs2)sc2cc(C)ccc21. The summed E-state index contributed by atoms with van der Waals surface area (Å²) in [4.78, 5) is 29.9. The number of benzene rings is 1. The number of thiophene rings is 1. The van der Waals surface area contributed by atoms with E-state index in [1.54, 1.807) is 28.9 Å². The van der Waals surface area contributed by atoms with Crippen molar-refractivity contribution in [1.82, 2.24) is 4.57 Å². The van der Waals surface area contributed by atoms with E-state index < -0.39 is 0 Å². The lowest BCUT2D eigenvalue weighted by atomic mass is 10.2. The number of carbonyl (C=O) groups is 2. The van der Waals surface area contributed by atoms with Crippen molar-refractivity contribution >= 4 is 50.8 Å². The van der Waals surface area contributed by atoms with Crippen LogP contribution in [0.4, 0.5) is 0 Å². The van der Waals surface area contributed by atoms with Gasteiger partial charge in [-0.3, -0.25) is 9.59 Å². The number of hydrogen-bond donors (Lipinski definition) is 0. The molecule has 1 aromatic carbocycles. The summed E-state index contributed by atoms with van der Waals surface area (Å²) in [7, 11) is 0. The number of fused-ring (bicyclic) bond motifs is 1. The van der Waals surface area contributed by atoms with Crippen molar-refractivity contribution in [2.45, 2.75) is 20.4 Å². The highest BCUT2D eigenvalue weighted by Crippen LogP contribution is 2.19. The second kappa shape index (κ2) is 8.25. The van der Waals surface area contributed by atoms with Crippen LogP contribution in [0.2, 0.25) is 0 Å². The number of ether oxygens (including phenoxy) is 1. The van der Waals surface area contributed by atoms with Crippen LogP contribution in [0.5, 0.6) is 0 Å². The number of aryl methyl sites for hydroxylation is 1. The molecule has 0 fully saturated rings. The first-order valence-electron chi connectivity index (χ1n) is 8.12. The van der Waals surface area contributed by atoms with Gasteiger partial charge in [0.15, 0.2) is 4.80 Å². The molecule has 0 unspecified atom stereocenters. The normalized spacial score (nSPS) is 12.2. The van der Waals surface area contributed by atoms with Crippen LogP contribution in [0.1, 0.15) is 17.4 Å². The molecule has 0 aliphatic heterocycles. The number of thiazole rings is 1. The maximum absolute atomic E-state index is 12.2. The van der Waals surface area contributed by atoms with Crippen molar-refractivity contribution in [1.29, 1.82) is 0 Å². The molecule has 0 N–H and O–H groups in total. The van der Waals surface area contributed by atoms with E-state index in [2.05, 4.69) is 4.99 Å². The number of nitrogens with zero attached hydrogens (tertiary/aromatic N) is 2. The number of rotatable bonds is 5. The van der Waals surface area contributed by atoms with E-state index in [1.165, 1.54) is 17.4 Å². The predicted molar refractivity (Wildman–Crippen MR) is 105 cm³/mol. The van der Waals surface area contributed by atoms with Crippen LogP contribution >= 0.6 is 22.7 Å². The second-order valence-electron chi connectivity index (χ2n) is 5.55. The van der Waals surface area contributed by atoms with Crippen molar-refractivity contribution in [3.63, 3.8) is 0 Å². The van der Waals surface area contributed by atoms with Crippen LogP contribution < -0.4 is 4.80 Å². The van der Waals surface area contributed by atoms with Gasteiger partial charge in [0.1, 0.15) is 6.54 Å². The van der Waals surface area contributed by atoms with E-state index in [0.717, 1.165) is 20.7 Å². The lowest BCUT2D eigenvalue weighted by molar-refractivity contribution is -0.143. The molecule has 2 heterocycles. The van der Waals surface area contributed by atoms with Crippen LogP contribution in [0.25, 0.3) is 16.3 Å². The lowest BCUT2D eigenvalue weighted by Crippen LogP contribution is -2.22. The third kappa shape index (κ3) is 4.36. The van der Waals surface area contributed by atoms with E-state index in [9.17, 15) is 9.59 Å². The molecule has 5 nitrogen and oxygen atoms in total. The standard InChI is InChI=1S/C19H18N2O3S2/c1-3-24-18(23)12-21-15-8-6-13(2)11-16(15)26-19(21)20-17(22)9-7-14-5-4-10-25-14/h4-11H,3,12H2,1-2H3. The molecular weight excluding hydrogens is 368 g/mol. The molecule has 0 aliphatic rings. The van der Waals surface area contributed by atoms with Gasteiger partial charge in [0.05, 0.1) is 16.8 Å². The highest BCUT2D eigenvalue weighted by molar-refractivity contribution is 7.16. The van der Waals surface area contributed by atoms with E-state index in [-0.39, 0.29) is 18.4 Å². The number of aromatic nitrogens is 1. The average molecular weight is 386 g/mol. The first kappa shape index (κ1) is 18.3. The summed E-state index contributed by atoms with van der Waals surface area (Å²) in [5.41, 5.74) is 1.97. The van der Waals surface area contributed by atoms with E-state index in [4.69, 9.17) is 4.74 Å². The number of carbonyl (C=O) groups excluding carboxylic acids is 2. The molecule has 0 spiro atoms. The molecule has 1 amide bonds. The summed E-state index contributed by atoms with van der Waals surface area (Å²) in [6, 6.07) is 9.78. The maximum Gasteiger partial charge on any atom is 0.326 e. The van der Waals surface area contributed by atoms with Crippen molar-refractivity contribution in [3.8, 4) is 0 Å². The molecule has 134 valence electrons. The third-order valence-electron chi connectivity index (χ3n) is 3.57. The van der Waals surface area contributed by atoms with Crippen LogP contribution in [-0.4, -0.2) is 23.1 Å². The minimum atomic E-state index is -0.362. The Morgan fingerprint density at radius 2 is 2.15 bits per heavy atom. The van der Waals surface area contributed by atoms with E-state index in [0.29, 0.717) is 11.4 Å². The highest BCUT2D eigenvalue weighted by Gasteiger charge is 2.12. The molecule has 7 heteroatoms. The van der Waals surface area contributed by atoms with Crippen molar-refractivity contribution in [2.24, 2.45) is 4.99 Å². The van der Waals surface area contributed by atoms with Crippen molar-refractivity contribution < 1.29 is 14.3 Å². The molecule has 0 atom stereocenters. The van der Waals surface area contributed by atoms with E-state index >= 15 is 0 Å². The molecule has 0 bridgehead atoms. The molecule has 3 rings (SSSR count). The average Bonchev–Trinajstić information content (AvgIpc) is 3.22. The van der Waals surface area contributed by atoms with Gasteiger partial charge in [-0.1, -0.05) is 23.5 Å². The van der Waals surface area contributed by atoms with Crippen LogP contribution in [-0.2, 0) is 20.9 Å². The molecule has 0 radical (unpaired) electrons. The first-order valence-corrected chi connectivity index (χ1v) is 9.82. The smallest absolute Gasteiger partial charge is 0.326 e. The van der Waals surface area contributed by atoms with Crippen molar-refractivity contribution in [2.75, 3.05) is 6.61 Å². The molecule has 0 aliphatic carbocycles. The number of hydrogen-bond acceptors (Lipinski definition) is 5. The Bertz CT molecular complexity index is 1030. The fourth-order valence-corrected chi connectivity index (χ4v) is 4.18. The summed E-state index contributed by atoms with van der Waals surface area (Å²) in [6.07, 6.45) is 3.18. The molecule has 2 aromatic heterocycles. The molecule has 3 aromatic rings. The Hall–Kier alpha value is -2.51. The van der Waals surface area contributed by atoms with Gasteiger partial charge < -0.3 is 9.30 Å². The zero-order valence-electron chi connectivity index (χ0n) is 14.5. The molecule has 26 heavy (non-hydrogen) atoms. The summed E-state index contributed by atoms with van der Waals surface area (Å²) < 4.78 is 7.76. The molecule has 0 saturated heterocycles. The third-order valence-corrected chi connectivity index (χ3v) is 5.45. The quantitative estimate of drug-likeness (QED) is 0.495. The van der Waals surface area contributed by atoms with Gasteiger partial charge in [-0.05, 0) is 49.1 Å².